The van der Waals surface area contributed by atoms with E-state index in [1.54, 1.807) is 24.3 Å². The van der Waals surface area contributed by atoms with Gasteiger partial charge in [0.05, 0.1) is 30.3 Å². The number of benzene rings is 2. The van der Waals surface area contributed by atoms with E-state index in [0.29, 0.717) is 35.5 Å². The van der Waals surface area contributed by atoms with Gasteiger partial charge >= 0.3 is 43.8 Å². The molecule has 4 N–H and O–H groups in total. The number of rotatable bonds is 11. The molecule has 0 bridgehead atoms. The quantitative estimate of drug-likeness (QED) is 0.296. The average molecular weight is 599 g/mol. The van der Waals surface area contributed by atoms with E-state index in [1.165, 1.54) is 4.90 Å². The van der Waals surface area contributed by atoms with Crippen molar-refractivity contribution in [2.24, 2.45) is 11.8 Å². The van der Waals surface area contributed by atoms with Crippen LogP contribution in [0.4, 0.5) is 16.2 Å². The maximum Gasteiger partial charge on any atom is 2.00 e. The molecule has 13 heteroatoms. The summed E-state index contributed by atoms with van der Waals surface area (Å²) in [6.45, 7) is 0.420. The van der Waals surface area contributed by atoms with Crippen LogP contribution in [-0.2, 0) is 24.4 Å². The van der Waals surface area contributed by atoms with Gasteiger partial charge in [0.2, 0.25) is 5.91 Å². The van der Waals surface area contributed by atoms with Crippen molar-refractivity contribution < 1.29 is 40.4 Å². The number of para-hydroxylation sites is 1. The Morgan fingerprint density at radius 3 is 2.11 bits per heavy atom. The molecule has 2 aromatic carbocycles. The Balaban J connectivity index is 0. The van der Waals surface area contributed by atoms with Crippen molar-refractivity contribution in [1.82, 2.24) is 5.32 Å². The van der Waals surface area contributed by atoms with Crippen molar-refractivity contribution in [1.29, 1.82) is 0 Å². The predicted molar refractivity (Wildman–Crippen MR) is 149 cm³/mol. The molecule has 0 spiro atoms. The molecule has 10 nitrogen and oxygen atoms in total. The van der Waals surface area contributed by atoms with Crippen LogP contribution in [0, 0.1) is 11.8 Å². The number of hydrogen-bond acceptors (Lipinski definition) is 6. The number of ether oxygens (including phenoxy) is 2. The molecular weight excluding hydrogens is 564 g/mol. The van der Waals surface area contributed by atoms with Gasteiger partial charge in [-0.1, -0.05) is 29.8 Å². The molecule has 3 rings (SSSR count). The number of nitrogens with zero attached hydrogens (tertiary/aromatic N) is 1. The van der Waals surface area contributed by atoms with E-state index < -0.39 is 27.9 Å². The third-order valence-corrected chi connectivity index (χ3v) is 6.93. The van der Waals surface area contributed by atoms with Gasteiger partial charge in [0.25, 0.3) is 10.1 Å². The molecule has 0 unspecified atom stereocenters. The SMILES string of the molecule is O.O=C(COCC1CCC(COC(=O)N(c2ccccc2)c2ccc(Cl)cc2)CC1)NCCS(=O)(=O)O.[Ca+2].[H-].[H-]. The zero-order valence-electron chi connectivity index (χ0n) is 23.1. The number of nitrogens with one attached hydrogen (secondary N) is 1. The molecular formula is C25H35CaClN2O8S. The van der Waals surface area contributed by atoms with Gasteiger partial charge in [0, 0.05) is 11.6 Å². The molecule has 1 saturated carbocycles. The fraction of sp³-hybridized carbons (Fsp3) is 0.440. The number of carbonyl (C=O) groups is 2. The van der Waals surface area contributed by atoms with Crippen molar-refractivity contribution in [3.8, 4) is 0 Å². The van der Waals surface area contributed by atoms with Crippen LogP contribution in [0.1, 0.15) is 28.5 Å². The molecule has 0 aromatic heterocycles. The Morgan fingerprint density at radius 1 is 0.974 bits per heavy atom. The first-order valence-electron chi connectivity index (χ1n) is 11.8. The third kappa shape index (κ3) is 12.2. The number of anilines is 2. The molecule has 1 fully saturated rings. The largest absolute Gasteiger partial charge is 2.00 e. The van der Waals surface area contributed by atoms with Crippen LogP contribution in [0.25, 0.3) is 0 Å². The molecule has 0 heterocycles. The van der Waals surface area contributed by atoms with E-state index in [2.05, 4.69) is 5.32 Å². The molecule has 0 atom stereocenters. The van der Waals surface area contributed by atoms with Gasteiger partial charge in [-0.05, 0) is 73.9 Å². The Labute approximate surface area is 261 Å². The molecule has 2 aromatic rings. The maximum absolute atomic E-state index is 13.0. The van der Waals surface area contributed by atoms with Crippen molar-refractivity contribution in [3.05, 3.63) is 59.6 Å². The molecule has 1 aliphatic rings. The van der Waals surface area contributed by atoms with Gasteiger partial charge in [-0.3, -0.25) is 9.35 Å². The summed E-state index contributed by atoms with van der Waals surface area (Å²) in [4.78, 5) is 26.2. The molecule has 0 aliphatic heterocycles. The monoisotopic (exact) mass is 598 g/mol. The minimum Gasteiger partial charge on any atom is -1.00 e. The summed E-state index contributed by atoms with van der Waals surface area (Å²) in [5.74, 6) is -0.409. The molecule has 1 aliphatic carbocycles. The van der Waals surface area contributed by atoms with Crippen molar-refractivity contribution >= 4 is 82.8 Å². The first-order valence-corrected chi connectivity index (χ1v) is 13.8. The number of carbonyl (C=O) groups excluding carboxylic acids is 2. The Hall–Kier alpha value is -1.44. The molecule has 2 amide bonds. The minimum atomic E-state index is -4.10. The standard InChI is InChI=1S/C25H31ClN2O7S.Ca.H2O.2H/c26-21-10-12-23(13-11-21)28(22-4-2-1-3-5-22)25(30)35-17-20-8-6-19(7-9-20)16-34-18-24(29)27-14-15-36(31,32)33;;;;/h1-5,10-13,19-20H,6-9,14-18H2,(H,27,29)(H,31,32,33);;1H2;;/q;+2;;2*-1. The molecule has 0 saturated heterocycles. The predicted octanol–water partition coefficient (Wildman–Crippen LogP) is 3.46. The van der Waals surface area contributed by atoms with Crippen LogP contribution >= 0.6 is 11.6 Å². The second-order valence-electron chi connectivity index (χ2n) is 8.76. The average Bonchev–Trinajstić information content (AvgIpc) is 2.85. The van der Waals surface area contributed by atoms with Gasteiger partial charge in [-0.15, -0.1) is 0 Å². The summed E-state index contributed by atoms with van der Waals surface area (Å²) in [5.41, 5.74) is 1.37. The zero-order valence-corrected chi connectivity index (χ0v) is 24.8. The number of hydrogen-bond donors (Lipinski definition) is 2. The maximum atomic E-state index is 13.0. The van der Waals surface area contributed by atoms with E-state index in [0.717, 1.165) is 25.7 Å². The van der Waals surface area contributed by atoms with Crippen molar-refractivity contribution in [2.75, 3.05) is 37.0 Å². The van der Waals surface area contributed by atoms with Gasteiger partial charge in [0.15, 0.2) is 0 Å². The zero-order chi connectivity index (χ0) is 26.0. The van der Waals surface area contributed by atoms with Crippen LogP contribution in [0.3, 0.4) is 0 Å². The van der Waals surface area contributed by atoms with Crippen LogP contribution < -0.4 is 10.2 Å². The summed E-state index contributed by atoms with van der Waals surface area (Å²) in [7, 11) is -4.10. The normalized spacial score (nSPS) is 16.9. The fourth-order valence-electron chi connectivity index (χ4n) is 4.03. The van der Waals surface area contributed by atoms with E-state index in [1.807, 2.05) is 30.3 Å². The van der Waals surface area contributed by atoms with Gasteiger partial charge < -0.3 is 23.1 Å². The van der Waals surface area contributed by atoms with Gasteiger partial charge in [-0.25, -0.2) is 9.69 Å². The first-order chi connectivity index (χ1) is 17.2. The van der Waals surface area contributed by atoms with Gasteiger partial charge in [-0.2, -0.15) is 8.42 Å². The molecule has 38 heavy (non-hydrogen) atoms. The topological polar surface area (TPSA) is 154 Å². The number of amides is 2. The smallest absolute Gasteiger partial charge is 1.00 e. The van der Waals surface area contributed by atoms with Crippen LogP contribution in [-0.4, -0.2) is 100 Å². The molecule has 208 valence electrons. The second-order valence-corrected chi connectivity index (χ2v) is 10.8. The van der Waals surface area contributed by atoms with E-state index >= 15 is 0 Å². The Morgan fingerprint density at radius 2 is 1.53 bits per heavy atom. The third-order valence-electron chi connectivity index (χ3n) is 5.96. The second kappa shape index (κ2) is 17.3. The number of halogens is 1. The summed E-state index contributed by atoms with van der Waals surface area (Å²) >= 11 is 6.01. The molecule has 0 radical (unpaired) electrons. The Bertz CT molecular complexity index is 1110. The van der Waals surface area contributed by atoms with Crippen LogP contribution in [0.2, 0.25) is 5.02 Å². The summed E-state index contributed by atoms with van der Waals surface area (Å²) in [5, 5.41) is 2.97. The Kier molecular flexibility index (Phi) is 15.7. The summed E-state index contributed by atoms with van der Waals surface area (Å²) in [6, 6.07) is 16.3. The first kappa shape index (κ1) is 34.6. The summed E-state index contributed by atoms with van der Waals surface area (Å²) < 4.78 is 41.1. The van der Waals surface area contributed by atoms with Gasteiger partial charge in [0.1, 0.15) is 6.61 Å². The van der Waals surface area contributed by atoms with Crippen LogP contribution in [0.5, 0.6) is 0 Å². The van der Waals surface area contributed by atoms with Crippen molar-refractivity contribution in [2.45, 2.75) is 25.7 Å². The van der Waals surface area contributed by atoms with E-state index in [4.69, 9.17) is 25.6 Å². The fourth-order valence-corrected chi connectivity index (χ4v) is 4.52. The summed E-state index contributed by atoms with van der Waals surface area (Å²) in [6.07, 6.45) is 3.11. The van der Waals surface area contributed by atoms with Crippen LogP contribution in [0.15, 0.2) is 54.6 Å². The van der Waals surface area contributed by atoms with Crippen molar-refractivity contribution in [3.63, 3.8) is 0 Å². The minimum absolute atomic E-state index is 0. The van der Waals surface area contributed by atoms with E-state index in [-0.39, 0.29) is 65.1 Å². The van der Waals surface area contributed by atoms with E-state index in [9.17, 15) is 18.0 Å².